The molecule has 1 unspecified atom stereocenters. The Morgan fingerprint density at radius 1 is 0.838 bits per heavy atom. The molecular formula is C35H48F2. The van der Waals surface area contributed by atoms with Gasteiger partial charge in [0, 0.05) is 5.56 Å². The number of allylic oxidation sites excluding steroid dienone is 1. The summed E-state index contributed by atoms with van der Waals surface area (Å²) >= 11 is 0. The van der Waals surface area contributed by atoms with Gasteiger partial charge in [-0.2, -0.15) is 0 Å². The maximum absolute atomic E-state index is 15.4. The standard InChI is InChI=1S/C35H48F2/c1-6-8-26-10-12-27(13-11-26)28-14-16-29(17-15-28)32-19-20-33(35(37)34(32)36)30-21-24(4)31(25(5)22-30)18-9-23(3)7-2/h9,18-23,26-29H,6-8,10-17H2,1-5H3. The molecule has 0 bridgehead atoms. The number of hydrogen-bond donors (Lipinski definition) is 0. The van der Waals surface area contributed by atoms with Crippen LogP contribution in [0.1, 0.15) is 120 Å². The molecule has 2 aromatic rings. The summed E-state index contributed by atoms with van der Waals surface area (Å²) in [7, 11) is 0. The molecule has 2 saturated carbocycles. The molecule has 0 nitrogen and oxygen atoms in total. The topological polar surface area (TPSA) is 0 Å². The fourth-order valence-corrected chi connectivity index (χ4v) is 7.15. The Morgan fingerprint density at radius 3 is 2.00 bits per heavy atom. The molecule has 0 amide bonds. The Morgan fingerprint density at radius 2 is 1.43 bits per heavy atom. The van der Waals surface area contributed by atoms with Gasteiger partial charge in [-0.25, -0.2) is 8.78 Å². The number of benzene rings is 2. The summed E-state index contributed by atoms with van der Waals surface area (Å²) in [5.74, 6) is 1.93. The third kappa shape index (κ3) is 6.55. The van der Waals surface area contributed by atoms with Crippen molar-refractivity contribution in [3.05, 3.63) is 64.2 Å². The molecule has 202 valence electrons. The second-order valence-corrected chi connectivity index (χ2v) is 12.3. The Labute approximate surface area is 225 Å². The highest BCUT2D eigenvalue weighted by Gasteiger charge is 2.32. The van der Waals surface area contributed by atoms with Crippen LogP contribution in [0.15, 0.2) is 30.3 Å². The number of hydrogen-bond acceptors (Lipinski definition) is 0. The van der Waals surface area contributed by atoms with Crippen LogP contribution >= 0.6 is 0 Å². The van der Waals surface area contributed by atoms with E-state index in [1.54, 1.807) is 0 Å². The average Bonchev–Trinajstić information content (AvgIpc) is 2.90. The molecule has 2 aliphatic rings. The van der Waals surface area contributed by atoms with Crippen molar-refractivity contribution in [2.24, 2.45) is 23.7 Å². The molecule has 37 heavy (non-hydrogen) atoms. The third-order valence-corrected chi connectivity index (χ3v) is 9.72. The minimum Gasteiger partial charge on any atom is -0.203 e. The summed E-state index contributed by atoms with van der Waals surface area (Å²) in [5, 5.41) is 0. The van der Waals surface area contributed by atoms with E-state index in [1.807, 2.05) is 24.3 Å². The van der Waals surface area contributed by atoms with Gasteiger partial charge in [-0.05, 0) is 110 Å². The molecule has 0 saturated heterocycles. The fraction of sp³-hybridized carbons (Fsp3) is 0.600. The number of rotatable bonds is 8. The molecule has 0 heterocycles. The summed E-state index contributed by atoms with van der Waals surface area (Å²) < 4.78 is 30.9. The van der Waals surface area contributed by atoms with Crippen molar-refractivity contribution in [2.45, 2.75) is 111 Å². The normalized spacial score (nSPS) is 25.5. The van der Waals surface area contributed by atoms with Crippen LogP contribution in [-0.2, 0) is 0 Å². The van der Waals surface area contributed by atoms with Gasteiger partial charge in [0.1, 0.15) is 0 Å². The van der Waals surface area contributed by atoms with Crippen molar-refractivity contribution >= 4 is 6.08 Å². The Bertz CT molecular complexity index is 1040. The zero-order valence-corrected chi connectivity index (χ0v) is 23.9. The quantitative estimate of drug-likeness (QED) is 0.334. The lowest BCUT2D eigenvalue weighted by atomic mass is 9.68. The van der Waals surface area contributed by atoms with Crippen molar-refractivity contribution < 1.29 is 8.78 Å². The van der Waals surface area contributed by atoms with E-state index in [9.17, 15) is 0 Å². The van der Waals surface area contributed by atoms with Crippen molar-refractivity contribution in [3.63, 3.8) is 0 Å². The van der Waals surface area contributed by atoms with E-state index < -0.39 is 11.6 Å². The van der Waals surface area contributed by atoms with E-state index in [0.29, 0.717) is 17.0 Å². The summed E-state index contributed by atoms with van der Waals surface area (Å²) in [6.45, 7) is 10.8. The van der Waals surface area contributed by atoms with Crippen LogP contribution < -0.4 is 0 Å². The Balaban J connectivity index is 1.44. The second-order valence-electron chi connectivity index (χ2n) is 12.3. The van der Waals surface area contributed by atoms with Gasteiger partial charge in [-0.15, -0.1) is 0 Å². The SMILES string of the molecule is CCCC1CCC(C2CCC(c3ccc(-c4cc(C)c(C=CC(C)CC)c(C)c4)c(F)c3F)CC2)CC1. The van der Waals surface area contributed by atoms with Gasteiger partial charge in [-0.3, -0.25) is 0 Å². The molecular weight excluding hydrogens is 458 g/mol. The molecule has 4 rings (SSSR count). The van der Waals surface area contributed by atoms with Gasteiger partial charge in [0.05, 0.1) is 0 Å². The van der Waals surface area contributed by atoms with Crippen LogP contribution in [0.5, 0.6) is 0 Å². The van der Waals surface area contributed by atoms with Gasteiger partial charge < -0.3 is 0 Å². The van der Waals surface area contributed by atoms with Crippen LogP contribution in [0.2, 0.25) is 0 Å². The van der Waals surface area contributed by atoms with Crippen LogP contribution in [0, 0.1) is 49.2 Å². The van der Waals surface area contributed by atoms with Gasteiger partial charge in [-0.1, -0.05) is 89.3 Å². The monoisotopic (exact) mass is 506 g/mol. The van der Waals surface area contributed by atoms with E-state index in [1.165, 1.54) is 56.9 Å². The predicted molar refractivity (Wildman–Crippen MR) is 155 cm³/mol. The molecule has 2 heteroatoms. The van der Waals surface area contributed by atoms with E-state index in [-0.39, 0.29) is 5.92 Å². The Kier molecular flexibility index (Phi) is 9.65. The Hall–Kier alpha value is -1.96. The molecule has 2 fully saturated rings. The third-order valence-electron chi connectivity index (χ3n) is 9.72. The average molecular weight is 507 g/mol. The number of aryl methyl sites for hydroxylation is 2. The van der Waals surface area contributed by atoms with Crippen LogP contribution in [0.4, 0.5) is 8.78 Å². The first-order valence-corrected chi connectivity index (χ1v) is 15.1. The van der Waals surface area contributed by atoms with Gasteiger partial charge >= 0.3 is 0 Å². The molecule has 0 spiro atoms. The number of halogens is 2. The minimum atomic E-state index is -0.685. The summed E-state index contributed by atoms with van der Waals surface area (Å²) in [5.41, 5.74) is 5.11. The first kappa shape index (κ1) is 28.1. The van der Waals surface area contributed by atoms with E-state index in [4.69, 9.17) is 0 Å². The first-order chi connectivity index (χ1) is 17.8. The molecule has 0 radical (unpaired) electrons. The molecule has 0 N–H and O–H groups in total. The molecule has 0 aromatic heterocycles. The van der Waals surface area contributed by atoms with Gasteiger partial charge in [0.2, 0.25) is 0 Å². The van der Waals surface area contributed by atoms with Crippen molar-refractivity contribution in [3.8, 4) is 11.1 Å². The highest BCUT2D eigenvalue weighted by atomic mass is 19.2. The van der Waals surface area contributed by atoms with Crippen molar-refractivity contribution in [1.29, 1.82) is 0 Å². The van der Waals surface area contributed by atoms with E-state index in [2.05, 4.69) is 46.8 Å². The maximum Gasteiger partial charge on any atom is 0.166 e. The lowest BCUT2D eigenvalue weighted by molar-refractivity contribution is 0.156. The smallest absolute Gasteiger partial charge is 0.166 e. The van der Waals surface area contributed by atoms with Gasteiger partial charge in [0.25, 0.3) is 0 Å². The summed E-state index contributed by atoms with van der Waals surface area (Å²) in [6, 6.07) is 7.69. The van der Waals surface area contributed by atoms with Gasteiger partial charge in [0.15, 0.2) is 11.6 Å². The van der Waals surface area contributed by atoms with Crippen molar-refractivity contribution in [1.82, 2.24) is 0 Å². The first-order valence-electron chi connectivity index (χ1n) is 15.1. The van der Waals surface area contributed by atoms with E-state index >= 15 is 8.78 Å². The predicted octanol–water partition coefficient (Wildman–Crippen LogP) is 11.2. The zero-order chi connectivity index (χ0) is 26.5. The van der Waals surface area contributed by atoms with Crippen LogP contribution in [-0.4, -0.2) is 0 Å². The zero-order valence-electron chi connectivity index (χ0n) is 23.9. The van der Waals surface area contributed by atoms with Crippen LogP contribution in [0.3, 0.4) is 0 Å². The molecule has 2 aliphatic carbocycles. The second kappa shape index (κ2) is 12.7. The lowest BCUT2D eigenvalue weighted by Gasteiger charge is -2.38. The van der Waals surface area contributed by atoms with E-state index in [0.717, 1.165) is 53.7 Å². The highest BCUT2D eigenvalue weighted by Crippen LogP contribution is 2.45. The summed E-state index contributed by atoms with van der Waals surface area (Å²) in [4.78, 5) is 0. The minimum absolute atomic E-state index is 0.146. The fourth-order valence-electron chi connectivity index (χ4n) is 7.15. The van der Waals surface area contributed by atoms with Crippen molar-refractivity contribution in [2.75, 3.05) is 0 Å². The summed E-state index contributed by atoms with van der Waals surface area (Å²) in [6.07, 6.45) is 18.1. The molecule has 0 aliphatic heterocycles. The highest BCUT2D eigenvalue weighted by molar-refractivity contribution is 5.71. The largest absolute Gasteiger partial charge is 0.203 e. The van der Waals surface area contributed by atoms with Crippen LogP contribution in [0.25, 0.3) is 17.2 Å². The molecule has 1 atom stereocenters. The maximum atomic E-state index is 15.4. The lowest BCUT2D eigenvalue weighted by Crippen LogP contribution is -2.25. The molecule has 2 aromatic carbocycles.